The predicted molar refractivity (Wildman–Crippen MR) is 115 cm³/mol. The van der Waals surface area contributed by atoms with Gasteiger partial charge in [-0.25, -0.2) is 4.79 Å². The van der Waals surface area contributed by atoms with Crippen molar-refractivity contribution in [2.75, 3.05) is 19.6 Å². The van der Waals surface area contributed by atoms with E-state index in [9.17, 15) is 15.0 Å². The Balaban J connectivity index is 1.27. The van der Waals surface area contributed by atoms with Crippen LogP contribution in [0.4, 0.5) is 0 Å². The summed E-state index contributed by atoms with van der Waals surface area (Å²) in [7, 11) is 0. The van der Waals surface area contributed by atoms with Gasteiger partial charge >= 0.3 is 5.97 Å². The van der Waals surface area contributed by atoms with E-state index >= 15 is 0 Å². The number of aromatic hydroxyl groups is 1. The van der Waals surface area contributed by atoms with Crippen LogP contribution in [0, 0.1) is 0 Å². The van der Waals surface area contributed by atoms with E-state index in [0.717, 1.165) is 56.2 Å². The summed E-state index contributed by atoms with van der Waals surface area (Å²) in [5, 5.41) is 19.6. The number of phenolic OH excluding ortho intramolecular Hbond substituents is 1. The van der Waals surface area contributed by atoms with Crippen molar-refractivity contribution in [3.63, 3.8) is 0 Å². The van der Waals surface area contributed by atoms with E-state index in [-0.39, 0.29) is 0 Å². The van der Waals surface area contributed by atoms with Crippen LogP contribution in [0.3, 0.4) is 0 Å². The second-order valence-corrected chi connectivity index (χ2v) is 7.66. The average Bonchev–Trinajstić information content (AvgIpc) is 3.14. The molecule has 0 fully saturated rings. The zero-order chi connectivity index (χ0) is 20.2. The number of phenols is 1. The van der Waals surface area contributed by atoms with Crippen molar-refractivity contribution in [1.29, 1.82) is 0 Å². The Morgan fingerprint density at radius 1 is 1.10 bits per heavy atom. The number of aromatic nitrogens is 1. The summed E-state index contributed by atoms with van der Waals surface area (Å²) in [6, 6.07) is 12.7. The van der Waals surface area contributed by atoms with Gasteiger partial charge in [-0.2, -0.15) is 0 Å². The number of unbranched alkanes of at least 4 members (excludes halogenated alkanes) is 1. The van der Waals surface area contributed by atoms with E-state index in [1.807, 2.05) is 24.4 Å². The Labute approximate surface area is 170 Å². The molecule has 150 valence electrons. The molecule has 3 N–H and O–H groups in total. The number of aromatic amines is 1. The van der Waals surface area contributed by atoms with Gasteiger partial charge in [-0.1, -0.05) is 18.2 Å². The minimum atomic E-state index is -0.885. The summed E-state index contributed by atoms with van der Waals surface area (Å²) >= 11 is 0. The first-order valence-corrected chi connectivity index (χ1v) is 10.1. The number of hydrogen-bond donors (Lipinski definition) is 3. The molecule has 0 saturated heterocycles. The molecule has 0 spiro atoms. The highest BCUT2D eigenvalue weighted by Gasteiger charge is 2.13. The number of aromatic carboxylic acids is 1. The summed E-state index contributed by atoms with van der Waals surface area (Å²) < 4.78 is 0. The number of hydrogen-bond acceptors (Lipinski definition) is 3. The standard InChI is InChI=1S/C24H26N2O3/c27-21-7-4-17(5-8-21)18-10-13-26(14-11-18)12-2-1-3-20-16-25-23-9-6-19(24(28)29)15-22(20)23/h4-10,15-16,25,27H,1-3,11-14H2,(H,28,29). The molecule has 0 unspecified atom stereocenters. The molecule has 0 bridgehead atoms. The van der Waals surface area contributed by atoms with Crippen LogP contribution >= 0.6 is 0 Å². The van der Waals surface area contributed by atoms with Crippen molar-refractivity contribution < 1.29 is 15.0 Å². The van der Waals surface area contributed by atoms with Gasteiger partial charge in [0.25, 0.3) is 0 Å². The van der Waals surface area contributed by atoms with Crippen LogP contribution in [-0.2, 0) is 6.42 Å². The predicted octanol–water partition coefficient (Wildman–Crippen LogP) is 4.68. The number of carbonyl (C=O) groups is 1. The fraction of sp³-hybridized carbons (Fsp3) is 0.292. The number of carboxylic acids is 1. The molecule has 1 aromatic heterocycles. The molecular weight excluding hydrogens is 364 g/mol. The average molecular weight is 390 g/mol. The van der Waals surface area contributed by atoms with Crippen LogP contribution in [0.2, 0.25) is 0 Å². The van der Waals surface area contributed by atoms with Gasteiger partial charge < -0.3 is 15.2 Å². The maximum absolute atomic E-state index is 11.2. The Bertz CT molecular complexity index is 1030. The maximum atomic E-state index is 11.2. The molecule has 29 heavy (non-hydrogen) atoms. The smallest absolute Gasteiger partial charge is 0.335 e. The Morgan fingerprint density at radius 2 is 1.93 bits per heavy atom. The third-order valence-electron chi connectivity index (χ3n) is 5.72. The van der Waals surface area contributed by atoms with Gasteiger partial charge in [-0.05, 0) is 79.3 Å². The normalized spacial score (nSPS) is 14.8. The zero-order valence-corrected chi connectivity index (χ0v) is 16.4. The van der Waals surface area contributed by atoms with Crippen LogP contribution in [-0.4, -0.2) is 45.7 Å². The van der Waals surface area contributed by atoms with Crippen molar-refractivity contribution in [3.8, 4) is 5.75 Å². The van der Waals surface area contributed by atoms with E-state index in [1.165, 1.54) is 16.7 Å². The molecule has 0 radical (unpaired) electrons. The highest BCUT2D eigenvalue weighted by molar-refractivity contribution is 5.94. The summed E-state index contributed by atoms with van der Waals surface area (Å²) in [5.74, 6) is -0.579. The van der Waals surface area contributed by atoms with Gasteiger partial charge in [0.1, 0.15) is 5.75 Å². The quantitative estimate of drug-likeness (QED) is 0.512. The first-order chi connectivity index (χ1) is 14.1. The molecular formula is C24H26N2O3. The first-order valence-electron chi connectivity index (χ1n) is 10.1. The Hall–Kier alpha value is -3.05. The lowest BCUT2D eigenvalue weighted by Gasteiger charge is -2.26. The van der Waals surface area contributed by atoms with Gasteiger partial charge in [-0.3, -0.25) is 4.90 Å². The highest BCUT2D eigenvalue weighted by Crippen LogP contribution is 2.25. The lowest BCUT2D eigenvalue weighted by molar-refractivity contribution is 0.0697. The molecule has 5 nitrogen and oxygen atoms in total. The van der Waals surface area contributed by atoms with Gasteiger partial charge in [0.15, 0.2) is 0 Å². The minimum absolute atomic E-state index is 0.307. The van der Waals surface area contributed by atoms with Gasteiger partial charge in [0, 0.05) is 30.2 Å². The molecule has 0 aliphatic carbocycles. The lowest BCUT2D eigenvalue weighted by Crippen LogP contribution is -2.29. The van der Waals surface area contributed by atoms with E-state index in [2.05, 4.69) is 16.0 Å². The molecule has 5 heteroatoms. The number of benzene rings is 2. The fourth-order valence-electron chi connectivity index (χ4n) is 4.02. The van der Waals surface area contributed by atoms with E-state index < -0.39 is 5.97 Å². The number of nitrogens with one attached hydrogen (secondary N) is 1. The minimum Gasteiger partial charge on any atom is -0.508 e. The topological polar surface area (TPSA) is 76.6 Å². The number of H-pyrrole nitrogens is 1. The Morgan fingerprint density at radius 3 is 2.66 bits per heavy atom. The first kappa shape index (κ1) is 19.3. The molecule has 0 atom stereocenters. The van der Waals surface area contributed by atoms with Crippen molar-refractivity contribution >= 4 is 22.4 Å². The molecule has 4 rings (SSSR count). The van der Waals surface area contributed by atoms with Crippen molar-refractivity contribution in [2.24, 2.45) is 0 Å². The monoisotopic (exact) mass is 390 g/mol. The molecule has 0 amide bonds. The van der Waals surface area contributed by atoms with Gasteiger partial charge in [0.2, 0.25) is 0 Å². The summed E-state index contributed by atoms with van der Waals surface area (Å²) in [4.78, 5) is 16.9. The molecule has 0 saturated carbocycles. The summed E-state index contributed by atoms with van der Waals surface area (Å²) in [6.45, 7) is 3.09. The molecule has 2 heterocycles. The van der Waals surface area contributed by atoms with Crippen LogP contribution in [0.25, 0.3) is 16.5 Å². The summed E-state index contributed by atoms with van der Waals surface area (Å²) in [5.41, 5.74) is 5.07. The molecule has 1 aliphatic rings. The number of nitrogens with zero attached hydrogens (tertiary/aromatic N) is 1. The number of aryl methyl sites for hydroxylation is 1. The van der Waals surface area contributed by atoms with Crippen molar-refractivity contribution in [2.45, 2.75) is 25.7 Å². The van der Waals surface area contributed by atoms with E-state index in [0.29, 0.717) is 11.3 Å². The molecule has 1 aliphatic heterocycles. The fourth-order valence-corrected chi connectivity index (χ4v) is 4.02. The van der Waals surface area contributed by atoms with Gasteiger partial charge in [0.05, 0.1) is 5.56 Å². The SMILES string of the molecule is O=C(O)c1ccc2[nH]cc(CCCCN3CC=C(c4ccc(O)cc4)CC3)c2c1. The van der Waals surface area contributed by atoms with E-state index in [4.69, 9.17) is 0 Å². The second kappa shape index (κ2) is 8.53. The van der Waals surface area contributed by atoms with Crippen molar-refractivity contribution in [3.05, 3.63) is 71.4 Å². The zero-order valence-electron chi connectivity index (χ0n) is 16.4. The van der Waals surface area contributed by atoms with Gasteiger partial charge in [-0.15, -0.1) is 0 Å². The molecule has 2 aromatic carbocycles. The van der Waals surface area contributed by atoms with E-state index in [1.54, 1.807) is 24.3 Å². The maximum Gasteiger partial charge on any atom is 0.335 e. The summed E-state index contributed by atoms with van der Waals surface area (Å²) in [6.07, 6.45) is 8.48. The van der Waals surface area contributed by atoms with Crippen LogP contribution in [0.5, 0.6) is 5.75 Å². The lowest BCUT2D eigenvalue weighted by atomic mass is 9.99. The van der Waals surface area contributed by atoms with Crippen molar-refractivity contribution in [1.82, 2.24) is 9.88 Å². The van der Waals surface area contributed by atoms with Crippen LogP contribution in [0.1, 0.15) is 40.7 Å². The number of rotatable bonds is 7. The third-order valence-corrected chi connectivity index (χ3v) is 5.72. The highest BCUT2D eigenvalue weighted by atomic mass is 16.4. The van der Waals surface area contributed by atoms with Crippen LogP contribution < -0.4 is 0 Å². The largest absolute Gasteiger partial charge is 0.508 e. The number of fused-ring (bicyclic) bond motifs is 1. The second-order valence-electron chi connectivity index (χ2n) is 7.66. The number of carboxylic acid groups (broad SMARTS) is 1. The van der Waals surface area contributed by atoms with Crippen LogP contribution in [0.15, 0.2) is 54.7 Å². The third kappa shape index (κ3) is 4.51. The Kier molecular flexibility index (Phi) is 5.67. The molecule has 3 aromatic rings.